The summed E-state index contributed by atoms with van der Waals surface area (Å²) >= 11 is 0. The molecule has 5 nitrogen and oxygen atoms in total. The summed E-state index contributed by atoms with van der Waals surface area (Å²) in [4.78, 5) is 15.8. The first-order chi connectivity index (χ1) is 8.63. The second-order valence-corrected chi connectivity index (χ2v) is 4.96. The Kier molecular flexibility index (Phi) is 3.50. The van der Waals surface area contributed by atoms with E-state index in [1.54, 1.807) is 12.7 Å². The first kappa shape index (κ1) is 12.8. The molecule has 0 saturated heterocycles. The van der Waals surface area contributed by atoms with Crippen molar-refractivity contribution in [3.63, 3.8) is 0 Å². The van der Waals surface area contributed by atoms with Gasteiger partial charge >= 0.3 is 0 Å². The number of hydrogen-bond donors (Lipinski definition) is 2. The van der Waals surface area contributed by atoms with Crippen LogP contribution >= 0.6 is 0 Å². The van der Waals surface area contributed by atoms with Gasteiger partial charge in [-0.05, 0) is 18.8 Å². The van der Waals surface area contributed by atoms with Crippen LogP contribution in [0, 0.1) is 5.92 Å². The van der Waals surface area contributed by atoms with E-state index in [1.807, 2.05) is 0 Å². The Hall–Kier alpha value is -1.65. The molecule has 2 aromatic heterocycles. The van der Waals surface area contributed by atoms with E-state index in [2.05, 4.69) is 52.9 Å². The van der Waals surface area contributed by atoms with Gasteiger partial charge in [0.1, 0.15) is 11.8 Å². The summed E-state index contributed by atoms with van der Waals surface area (Å²) in [6, 6.07) is 0. The van der Waals surface area contributed by atoms with E-state index in [9.17, 15) is 0 Å². The van der Waals surface area contributed by atoms with E-state index in [-0.39, 0.29) is 5.54 Å². The zero-order chi connectivity index (χ0) is 13.2. The van der Waals surface area contributed by atoms with Crippen LogP contribution in [-0.4, -0.2) is 25.5 Å². The van der Waals surface area contributed by atoms with Crippen LogP contribution in [0.4, 0.5) is 5.82 Å². The van der Waals surface area contributed by atoms with Crippen molar-refractivity contribution in [2.75, 3.05) is 5.32 Å². The number of H-pyrrole nitrogens is 1. The van der Waals surface area contributed by atoms with Gasteiger partial charge in [-0.2, -0.15) is 0 Å². The molecule has 0 fully saturated rings. The largest absolute Gasteiger partial charge is 0.362 e. The number of fused-ring (bicyclic) bond motifs is 1. The minimum atomic E-state index is 0.0558. The molecule has 0 aromatic carbocycles. The Morgan fingerprint density at radius 2 is 1.94 bits per heavy atom. The van der Waals surface area contributed by atoms with Crippen molar-refractivity contribution in [3.8, 4) is 0 Å². The van der Waals surface area contributed by atoms with Crippen molar-refractivity contribution in [3.05, 3.63) is 12.7 Å². The minimum Gasteiger partial charge on any atom is -0.362 e. The van der Waals surface area contributed by atoms with Crippen molar-refractivity contribution in [1.29, 1.82) is 0 Å². The van der Waals surface area contributed by atoms with Gasteiger partial charge in [-0.1, -0.05) is 27.7 Å². The van der Waals surface area contributed by atoms with Crippen molar-refractivity contribution in [1.82, 2.24) is 19.9 Å². The minimum absolute atomic E-state index is 0.0558. The third kappa shape index (κ3) is 2.05. The highest BCUT2D eigenvalue weighted by atomic mass is 15.1. The Bertz CT molecular complexity index is 513. The van der Waals surface area contributed by atoms with Crippen molar-refractivity contribution >= 4 is 17.0 Å². The second kappa shape index (κ2) is 4.92. The topological polar surface area (TPSA) is 66.5 Å². The fourth-order valence-electron chi connectivity index (χ4n) is 2.48. The molecule has 0 unspecified atom stereocenters. The van der Waals surface area contributed by atoms with Gasteiger partial charge in [0.2, 0.25) is 0 Å². The molecule has 5 heteroatoms. The summed E-state index contributed by atoms with van der Waals surface area (Å²) in [5.74, 6) is 1.34. The van der Waals surface area contributed by atoms with Gasteiger partial charge in [0, 0.05) is 5.54 Å². The summed E-state index contributed by atoms with van der Waals surface area (Å²) in [6.45, 7) is 8.89. The molecule has 0 radical (unpaired) electrons. The Labute approximate surface area is 107 Å². The van der Waals surface area contributed by atoms with Crippen LogP contribution in [0.25, 0.3) is 11.2 Å². The SMILES string of the molecule is CCC(CC)(Nc1ncnc2[nH]cnc12)C(C)C. The zero-order valence-corrected chi connectivity index (χ0v) is 11.5. The lowest BCUT2D eigenvalue weighted by atomic mass is 9.81. The van der Waals surface area contributed by atoms with E-state index in [4.69, 9.17) is 0 Å². The lowest BCUT2D eigenvalue weighted by Gasteiger charge is -2.37. The lowest BCUT2D eigenvalue weighted by Crippen LogP contribution is -2.42. The molecule has 0 amide bonds. The van der Waals surface area contributed by atoms with Crippen molar-refractivity contribution in [2.24, 2.45) is 5.92 Å². The Morgan fingerprint density at radius 3 is 2.56 bits per heavy atom. The standard InChI is InChI=1S/C13H21N5/c1-5-13(6-2,9(3)4)18-12-10-11(15-7-14-10)16-8-17-12/h7-9H,5-6H2,1-4H3,(H2,14,15,16,17,18). The molecule has 0 aliphatic heterocycles. The maximum atomic E-state index is 4.34. The summed E-state index contributed by atoms with van der Waals surface area (Å²) in [5.41, 5.74) is 1.64. The fraction of sp³-hybridized carbons (Fsp3) is 0.615. The van der Waals surface area contributed by atoms with E-state index < -0.39 is 0 Å². The number of nitrogens with zero attached hydrogens (tertiary/aromatic N) is 3. The first-order valence-electron chi connectivity index (χ1n) is 6.55. The summed E-state index contributed by atoms with van der Waals surface area (Å²) in [5, 5.41) is 3.59. The second-order valence-electron chi connectivity index (χ2n) is 4.96. The summed E-state index contributed by atoms with van der Waals surface area (Å²) in [7, 11) is 0. The molecule has 98 valence electrons. The molecule has 2 heterocycles. The molecule has 2 N–H and O–H groups in total. The van der Waals surface area contributed by atoms with E-state index in [1.165, 1.54) is 0 Å². The molecular formula is C13H21N5. The number of aromatic nitrogens is 4. The van der Waals surface area contributed by atoms with Crippen LogP contribution in [0.2, 0.25) is 0 Å². The molecule has 0 atom stereocenters. The van der Waals surface area contributed by atoms with Crippen molar-refractivity contribution in [2.45, 2.75) is 46.1 Å². The van der Waals surface area contributed by atoms with Gasteiger partial charge in [-0.25, -0.2) is 15.0 Å². The third-order valence-corrected chi connectivity index (χ3v) is 3.95. The molecule has 0 aliphatic carbocycles. The monoisotopic (exact) mass is 247 g/mol. The lowest BCUT2D eigenvalue weighted by molar-refractivity contribution is 0.319. The predicted molar refractivity (Wildman–Crippen MR) is 73.5 cm³/mol. The van der Waals surface area contributed by atoms with Gasteiger partial charge in [0.15, 0.2) is 11.5 Å². The number of aromatic amines is 1. The molecule has 2 rings (SSSR count). The highest BCUT2D eigenvalue weighted by Crippen LogP contribution is 2.30. The Morgan fingerprint density at radius 1 is 1.22 bits per heavy atom. The number of anilines is 1. The average molecular weight is 247 g/mol. The van der Waals surface area contributed by atoms with Gasteiger partial charge in [0.05, 0.1) is 6.33 Å². The van der Waals surface area contributed by atoms with Gasteiger partial charge in [0.25, 0.3) is 0 Å². The van der Waals surface area contributed by atoms with Crippen LogP contribution in [0.5, 0.6) is 0 Å². The van der Waals surface area contributed by atoms with Crippen molar-refractivity contribution < 1.29 is 0 Å². The molecular weight excluding hydrogens is 226 g/mol. The van der Waals surface area contributed by atoms with Gasteiger partial charge < -0.3 is 10.3 Å². The van der Waals surface area contributed by atoms with Crippen LogP contribution in [0.3, 0.4) is 0 Å². The predicted octanol–water partition coefficient (Wildman–Crippen LogP) is 2.98. The third-order valence-electron chi connectivity index (χ3n) is 3.95. The Balaban J connectivity index is 2.40. The van der Waals surface area contributed by atoms with Crippen LogP contribution in [0.15, 0.2) is 12.7 Å². The average Bonchev–Trinajstić information content (AvgIpc) is 2.84. The number of rotatable bonds is 5. The smallest absolute Gasteiger partial charge is 0.162 e. The molecule has 0 aliphatic rings. The molecule has 0 saturated carbocycles. The summed E-state index contributed by atoms with van der Waals surface area (Å²) in [6.07, 6.45) is 5.33. The highest BCUT2D eigenvalue weighted by molar-refractivity contribution is 5.82. The normalized spacial score (nSPS) is 12.3. The zero-order valence-electron chi connectivity index (χ0n) is 11.5. The number of imidazole rings is 1. The van der Waals surface area contributed by atoms with Crippen LogP contribution in [0.1, 0.15) is 40.5 Å². The van der Waals surface area contributed by atoms with Crippen LogP contribution < -0.4 is 5.32 Å². The molecule has 18 heavy (non-hydrogen) atoms. The van der Waals surface area contributed by atoms with Gasteiger partial charge in [-0.3, -0.25) is 0 Å². The molecule has 2 aromatic rings. The molecule has 0 bridgehead atoms. The van der Waals surface area contributed by atoms with Crippen LogP contribution in [-0.2, 0) is 0 Å². The maximum Gasteiger partial charge on any atom is 0.162 e. The highest BCUT2D eigenvalue weighted by Gasteiger charge is 2.30. The maximum absolute atomic E-state index is 4.34. The fourth-order valence-corrected chi connectivity index (χ4v) is 2.48. The van der Waals surface area contributed by atoms with E-state index >= 15 is 0 Å². The van der Waals surface area contributed by atoms with E-state index in [0.717, 1.165) is 29.8 Å². The first-order valence-corrected chi connectivity index (χ1v) is 6.55. The van der Waals surface area contributed by atoms with Gasteiger partial charge in [-0.15, -0.1) is 0 Å². The van der Waals surface area contributed by atoms with E-state index in [0.29, 0.717) is 5.92 Å². The number of hydrogen-bond acceptors (Lipinski definition) is 4. The summed E-state index contributed by atoms with van der Waals surface area (Å²) < 4.78 is 0. The quantitative estimate of drug-likeness (QED) is 0.852. The molecule has 0 spiro atoms. The number of nitrogens with one attached hydrogen (secondary N) is 2.